The van der Waals surface area contributed by atoms with Crippen LogP contribution in [-0.4, -0.2) is 29.2 Å². The summed E-state index contributed by atoms with van der Waals surface area (Å²) in [5.74, 6) is 1.32. The molecule has 3 rings (SSSR count). The second kappa shape index (κ2) is 3.12. The van der Waals surface area contributed by atoms with Gasteiger partial charge in [-0.05, 0) is 25.0 Å². The Bertz CT molecular complexity index is 359. The Morgan fingerprint density at radius 2 is 2.43 bits per heavy atom. The molecule has 0 aromatic rings. The molecule has 3 aliphatic rings. The van der Waals surface area contributed by atoms with Crippen LogP contribution in [0, 0.1) is 0 Å². The van der Waals surface area contributed by atoms with Gasteiger partial charge in [-0.25, -0.2) is 0 Å². The molecule has 3 heterocycles. The van der Waals surface area contributed by atoms with Crippen molar-refractivity contribution < 1.29 is 4.79 Å². The average molecular weight is 208 g/mol. The lowest BCUT2D eigenvalue weighted by atomic mass is 9.99. The molecule has 1 atom stereocenters. The first-order valence-electron chi connectivity index (χ1n) is 5.04. The van der Waals surface area contributed by atoms with E-state index in [1.807, 2.05) is 11.8 Å². The van der Waals surface area contributed by atoms with Crippen molar-refractivity contribution in [3.63, 3.8) is 0 Å². The van der Waals surface area contributed by atoms with Crippen LogP contribution >= 0.6 is 11.8 Å². The molecule has 1 amide bonds. The molecule has 4 heteroatoms. The Morgan fingerprint density at radius 1 is 1.50 bits per heavy atom. The zero-order chi connectivity index (χ0) is 9.54. The van der Waals surface area contributed by atoms with Crippen LogP contribution in [0.4, 0.5) is 0 Å². The van der Waals surface area contributed by atoms with E-state index >= 15 is 0 Å². The molecular weight excluding hydrogens is 196 g/mol. The smallest absolute Gasteiger partial charge is 0.249 e. The van der Waals surface area contributed by atoms with Gasteiger partial charge in [0.2, 0.25) is 5.91 Å². The molecule has 0 saturated carbocycles. The highest BCUT2D eigenvalue weighted by molar-refractivity contribution is 8.00. The molecule has 0 spiro atoms. The lowest BCUT2D eigenvalue weighted by Gasteiger charge is -2.26. The van der Waals surface area contributed by atoms with Crippen molar-refractivity contribution in [2.45, 2.75) is 24.5 Å². The fourth-order valence-corrected chi connectivity index (χ4v) is 3.47. The fraction of sp³-hybridized carbons (Fsp3) is 0.600. The second-order valence-electron chi connectivity index (χ2n) is 3.88. The van der Waals surface area contributed by atoms with Crippen LogP contribution in [-0.2, 0) is 4.79 Å². The van der Waals surface area contributed by atoms with Crippen LogP contribution in [0.25, 0.3) is 0 Å². The maximum Gasteiger partial charge on any atom is 0.249 e. The van der Waals surface area contributed by atoms with Crippen molar-refractivity contribution in [1.82, 2.24) is 5.32 Å². The molecule has 0 aliphatic carbocycles. The number of rotatable bonds is 0. The number of carbonyl (C=O) groups excluding carboxylic acids is 1. The Morgan fingerprint density at radius 3 is 3.36 bits per heavy atom. The maximum atomic E-state index is 11.4. The third kappa shape index (κ3) is 1.21. The third-order valence-corrected chi connectivity index (χ3v) is 4.34. The Kier molecular flexibility index (Phi) is 1.90. The van der Waals surface area contributed by atoms with Gasteiger partial charge in [0.05, 0.1) is 12.2 Å². The number of nitrogens with one attached hydrogen (secondary N) is 1. The highest BCUT2D eigenvalue weighted by atomic mass is 32.2. The summed E-state index contributed by atoms with van der Waals surface area (Å²) < 4.78 is 0. The van der Waals surface area contributed by atoms with Gasteiger partial charge in [0.1, 0.15) is 0 Å². The van der Waals surface area contributed by atoms with Crippen LogP contribution in [0.15, 0.2) is 16.3 Å². The van der Waals surface area contributed by atoms with E-state index in [4.69, 9.17) is 0 Å². The molecule has 3 aliphatic heterocycles. The summed E-state index contributed by atoms with van der Waals surface area (Å²) in [6, 6.07) is 0. The minimum Gasteiger partial charge on any atom is -0.347 e. The van der Waals surface area contributed by atoms with E-state index in [1.165, 1.54) is 17.9 Å². The fourth-order valence-electron chi connectivity index (χ4n) is 2.23. The van der Waals surface area contributed by atoms with Gasteiger partial charge in [0.15, 0.2) is 0 Å². The number of aliphatic imine (C=N–C) groups is 1. The van der Waals surface area contributed by atoms with Gasteiger partial charge in [-0.15, -0.1) is 0 Å². The Balaban J connectivity index is 1.96. The van der Waals surface area contributed by atoms with Crippen molar-refractivity contribution in [2.24, 2.45) is 4.99 Å². The molecule has 14 heavy (non-hydrogen) atoms. The molecule has 1 saturated heterocycles. The molecule has 1 N–H and O–H groups in total. The summed E-state index contributed by atoms with van der Waals surface area (Å²) in [6.45, 7) is 0.648. The van der Waals surface area contributed by atoms with Gasteiger partial charge in [-0.2, -0.15) is 11.8 Å². The van der Waals surface area contributed by atoms with E-state index in [0.717, 1.165) is 24.1 Å². The lowest BCUT2D eigenvalue weighted by molar-refractivity contribution is -0.116. The first kappa shape index (κ1) is 8.53. The lowest BCUT2D eigenvalue weighted by Crippen LogP contribution is -2.27. The van der Waals surface area contributed by atoms with E-state index in [2.05, 4.69) is 10.3 Å². The topological polar surface area (TPSA) is 41.5 Å². The minimum atomic E-state index is 0.106. The van der Waals surface area contributed by atoms with Crippen LogP contribution in [0.3, 0.4) is 0 Å². The number of amides is 1. The van der Waals surface area contributed by atoms with Crippen LogP contribution in [0.1, 0.15) is 19.3 Å². The molecule has 1 unspecified atom stereocenters. The van der Waals surface area contributed by atoms with Crippen molar-refractivity contribution in [3.8, 4) is 0 Å². The van der Waals surface area contributed by atoms with Gasteiger partial charge < -0.3 is 5.32 Å². The number of carbonyl (C=O) groups is 1. The average Bonchev–Trinajstić information content (AvgIpc) is 2.57. The Labute approximate surface area is 87.0 Å². The van der Waals surface area contributed by atoms with Gasteiger partial charge in [-0.3, -0.25) is 9.79 Å². The van der Waals surface area contributed by atoms with Crippen LogP contribution in [0.2, 0.25) is 0 Å². The SMILES string of the molecule is O=C1NCC2=C1CC1SCCCC1=N2. The summed E-state index contributed by atoms with van der Waals surface area (Å²) in [6.07, 6.45) is 3.28. The largest absolute Gasteiger partial charge is 0.347 e. The van der Waals surface area contributed by atoms with Gasteiger partial charge in [-0.1, -0.05) is 0 Å². The maximum absolute atomic E-state index is 11.4. The summed E-state index contributed by atoms with van der Waals surface area (Å²) in [5.41, 5.74) is 3.26. The van der Waals surface area contributed by atoms with Gasteiger partial charge >= 0.3 is 0 Å². The molecule has 0 bridgehead atoms. The molecule has 0 radical (unpaired) electrons. The quantitative estimate of drug-likeness (QED) is 0.648. The van der Waals surface area contributed by atoms with Crippen molar-refractivity contribution in [2.75, 3.05) is 12.3 Å². The standard InChI is InChI=1S/C10H12N2OS/c13-10-6-4-9-7(2-1-3-14-9)12-8(6)5-11-10/h9H,1-5H2,(H,11,13). The zero-order valence-corrected chi connectivity index (χ0v) is 8.69. The van der Waals surface area contributed by atoms with Gasteiger partial charge in [0, 0.05) is 16.5 Å². The number of thioether (sulfide) groups is 1. The summed E-state index contributed by atoms with van der Waals surface area (Å²) in [7, 11) is 0. The van der Waals surface area contributed by atoms with E-state index < -0.39 is 0 Å². The monoisotopic (exact) mass is 208 g/mol. The molecule has 3 nitrogen and oxygen atoms in total. The van der Waals surface area contributed by atoms with Gasteiger partial charge in [0.25, 0.3) is 0 Å². The summed E-state index contributed by atoms with van der Waals surface area (Å²) in [4.78, 5) is 16.0. The zero-order valence-electron chi connectivity index (χ0n) is 7.88. The molecular formula is C10H12N2OS. The first-order valence-corrected chi connectivity index (χ1v) is 6.09. The predicted molar refractivity (Wildman–Crippen MR) is 57.6 cm³/mol. The highest BCUT2D eigenvalue weighted by Crippen LogP contribution is 2.34. The number of hydrogen-bond donors (Lipinski definition) is 1. The van der Waals surface area contributed by atoms with Crippen molar-refractivity contribution >= 4 is 23.4 Å². The van der Waals surface area contributed by atoms with Crippen LogP contribution < -0.4 is 5.32 Å². The van der Waals surface area contributed by atoms with E-state index in [0.29, 0.717) is 11.8 Å². The van der Waals surface area contributed by atoms with E-state index in [9.17, 15) is 4.79 Å². The molecule has 0 aromatic carbocycles. The molecule has 1 fully saturated rings. The number of fused-ring (bicyclic) bond motifs is 1. The first-order chi connectivity index (χ1) is 6.84. The molecule has 0 aromatic heterocycles. The van der Waals surface area contributed by atoms with E-state index in [-0.39, 0.29) is 5.91 Å². The summed E-state index contributed by atoms with van der Waals surface area (Å²) >= 11 is 1.95. The normalized spacial score (nSPS) is 30.7. The predicted octanol–water partition coefficient (Wildman–Crippen LogP) is 1.11. The third-order valence-electron chi connectivity index (χ3n) is 2.97. The highest BCUT2D eigenvalue weighted by Gasteiger charge is 2.33. The minimum absolute atomic E-state index is 0.106. The molecule has 74 valence electrons. The Hall–Kier alpha value is -0.770. The van der Waals surface area contributed by atoms with Crippen LogP contribution in [0.5, 0.6) is 0 Å². The second-order valence-corrected chi connectivity index (χ2v) is 5.19. The number of nitrogens with zero attached hydrogens (tertiary/aromatic N) is 1. The van der Waals surface area contributed by atoms with Crippen molar-refractivity contribution in [3.05, 3.63) is 11.3 Å². The summed E-state index contributed by atoms with van der Waals surface area (Å²) in [5, 5.41) is 3.33. The van der Waals surface area contributed by atoms with Crippen molar-refractivity contribution in [1.29, 1.82) is 0 Å². The number of hydrogen-bond acceptors (Lipinski definition) is 3. The van der Waals surface area contributed by atoms with E-state index in [1.54, 1.807) is 0 Å².